The summed E-state index contributed by atoms with van der Waals surface area (Å²) in [5.41, 5.74) is 2.52. The van der Waals surface area contributed by atoms with E-state index in [1.807, 2.05) is 29.2 Å². The lowest BCUT2D eigenvalue weighted by Gasteiger charge is -2.25. The van der Waals surface area contributed by atoms with E-state index in [1.54, 1.807) is 12.1 Å². The minimum Gasteiger partial charge on any atom is -0.422 e. The lowest BCUT2D eigenvalue weighted by molar-refractivity contribution is 0.0721. The molecule has 1 saturated heterocycles. The number of fused-ring (bicyclic) bond motifs is 1. The zero-order chi connectivity index (χ0) is 21.8. The molecular weight excluding hydrogens is 437 g/mol. The second-order valence-electron chi connectivity index (χ2n) is 7.79. The molecule has 164 valence electrons. The molecule has 6 nitrogen and oxygen atoms in total. The molecule has 1 aliphatic rings. The van der Waals surface area contributed by atoms with Crippen LogP contribution >= 0.6 is 23.2 Å². The Balaban J connectivity index is 1.52. The number of aromatic nitrogens is 1. The van der Waals surface area contributed by atoms with Gasteiger partial charge in [-0.1, -0.05) is 42.3 Å². The number of ether oxygens (including phenoxy) is 1. The van der Waals surface area contributed by atoms with Gasteiger partial charge in [0.25, 0.3) is 11.9 Å². The third-order valence-corrected chi connectivity index (χ3v) is 5.82. The Kier molecular flexibility index (Phi) is 7.00. The number of oxazole rings is 1. The van der Waals surface area contributed by atoms with Crippen molar-refractivity contribution in [1.82, 2.24) is 9.88 Å². The lowest BCUT2D eigenvalue weighted by Crippen LogP contribution is -2.36. The van der Waals surface area contributed by atoms with Gasteiger partial charge in [-0.2, -0.15) is 4.98 Å². The number of carbonyl (C=O) groups is 1. The Hall–Kier alpha value is -2.28. The molecule has 31 heavy (non-hydrogen) atoms. The molecule has 1 N–H and O–H groups in total. The van der Waals surface area contributed by atoms with Crippen LogP contribution in [0.25, 0.3) is 11.1 Å². The highest BCUT2D eigenvalue weighted by atomic mass is 35.5. The molecule has 2 heterocycles. The monoisotopic (exact) mass is 461 g/mol. The fourth-order valence-corrected chi connectivity index (χ4v) is 4.25. The van der Waals surface area contributed by atoms with Gasteiger partial charge in [0.1, 0.15) is 5.52 Å². The van der Waals surface area contributed by atoms with Crippen molar-refractivity contribution in [3.05, 3.63) is 57.6 Å². The Morgan fingerprint density at radius 2 is 2.16 bits per heavy atom. The fourth-order valence-electron chi connectivity index (χ4n) is 3.78. The number of hydrogen-bond donors (Lipinski definition) is 1. The van der Waals surface area contributed by atoms with E-state index in [9.17, 15) is 4.79 Å². The quantitative estimate of drug-likeness (QED) is 0.470. The summed E-state index contributed by atoms with van der Waals surface area (Å²) in [5, 5.41) is 4.18. The van der Waals surface area contributed by atoms with Crippen molar-refractivity contribution in [3.63, 3.8) is 0 Å². The molecule has 2 aromatic carbocycles. The van der Waals surface area contributed by atoms with Gasteiger partial charge in [0.15, 0.2) is 5.58 Å². The topological polar surface area (TPSA) is 67.6 Å². The molecule has 1 amide bonds. The predicted molar refractivity (Wildman–Crippen MR) is 123 cm³/mol. The largest absolute Gasteiger partial charge is 0.422 e. The zero-order valence-electron chi connectivity index (χ0n) is 17.4. The molecule has 4 rings (SSSR count). The van der Waals surface area contributed by atoms with E-state index in [4.69, 9.17) is 32.4 Å². The molecule has 0 saturated carbocycles. The second kappa shape index (κ2) is 9.90. The maximum absolute atomic E-state index is 13.2. The van der Waals surface area contributed by atoms with Crippen molar-refractivity contribution >= 4 is 46.2 Å². The smallest absolute Gasteiger partial charge is 0.296 e. The first-order valence-electron chi connectivity index (χ1n) is 10.5. The molecule has 8 heteroatoms. The maximum atomic E-state index is 13.2. The lowest BCUT2D eigenvalue weighted by atomic mass is 10.1. The maximum Gasteiger partial charge on any atom is 0.296 e. The standard InChI is InChI=1S/C23H25Cl2N3O3/c1-2-7-28(13-16-6-8-30-14-16)22(29)17-10-19(25)21-20(11-17)27-23(31-21)26-12-15-4-3-5-18(24)9-15/h3-5,9-11,16H,2,6-8,12-14H2,1H3,(H,26,27). The van der Waals surface area contributed by atoms with Gasteiger partial charge in [0, 0.05) is 42.7 Å². The van der Waals surface area contributed by atoms with Gasteiger partial charge in [-0.25, -0.2) is 0 Å². The van der Waals surface area contributed by atoms with Gasteiger partial charge >= 0.3 is 0 Å². The number of hydrogen-bond acceptors (Lipinski definition) is 5. The van der Waals surface area contributed by atoms with E-state index in [1.165, 1.54) is 0 Å². The minimum absolute atomic E-state index is 0.0472. The van der Waals surface area contributed by atoms with E-state index in [0.29, 0.717) is 64.9 Å². The summed E-state index contributed by atoms with van der Waals surface area (Å²) in [7, 11) is 0. The molecule has 1 unspecified atom stereocenters. The van der Waals surface area contributed by atoms with E-state index in [0.717, 1.165) is 25.0 Å². The van der Waals surface area contributed by atoms with Crippen LogP contribution in [0.1, 0.15) is 35.7 Å². The molecule has 3 aromatic rings. The molecule has 1 fully saturated rings. The average Bonchev–Trinajstić information content (AvgIpc) is 3.41. The Morgan fingerprint density at radius 1 is 1.29 bits per heavy atom. The van der Waals surface area contributed by atoms with Gasteiger partial charge in [-0.3, -0.25) is 4.79 Å². The van der Waals surface area contributed by atoms with Crippen LogP contribution in [0, 0.1) is 5.92 Å². The number of nitrogens with zero attached hydrogens (tertiary/aromatic N) is 2. The number of anilines is 1. The van der Waals surface area contributed by atoms with E-state index in [-0.39, 0.29) is 5.91 Å². The van der Waals surface area contributed by atoms with Gasteiger partial charge < -0.3 is 19.4 Å². The predicted octanol–water partition coefficient (Wildman–Crippen LogP) is 5.64. The third-order valence-electron chi connectivity index (χ3n) is 5.31. The molecule has 1 aliphatic heterocycles. The summed E-state index contributed by atoms with van der Waals surface area (Å²) in [4.78, 5) is 19.6. The van der Waals surface area contributed by atoms with Crippen molar-refractivity contribution in [2.75, 3.05) is 31.6 Å². The van der Waals surface area contributed by atoms with Crippen LogP contribution < -0.4 is 5.32 Å². The van der Waals surface area contributed by atoms with Gasteiger partial charge in [0.2, 0.25) is 0 Å². The molecular formula is C23H25Cl2N3O3. The van der Waals surface area contributed by atoms with Crippen LogP contribution in [0.3, 0.4) is 0 Å². The van der Waals surface area contributed by atoms with Gasteiger partial charge in [-0.05, 0) is 42.7 Å². The van der Waals surface area contributed by atoms with Crippen molar-refractivity contribution in [2.24, 2.45) is 5.92 Å². The first kappa shape index (κ1) is 21.9. The second-order valence-corrected chi connectivity index (χ2v) is 8.63. The minimum atomic E-state index is -0.0472. The molecule has 0 spiro atoms. The van der Waals surface area contributed by atoms with Crippen LogP contribution in [0.2, 0.25) is 10.0 Å². The van der Waals surface area contributed by atoms with E-state index < -0.39 is 0 Å². The first-order valence-corrected chi connectivity index (χ1v) is 11.2. The number of rotatable bonds is 8. The summed E-state index contributed by atoms with van der Waals surface area (Å²) < 4.78 is 11.2. The number of halogens is 2. The number of carbonyl (C=O) groups excluding carboxylic acids is 1. The zero-order valence-corrected chi connectivity index (χ0v) is 18.9. The summed E-state index contributed by atoms with van der Waals surface area (Å²) >= 11 is 12.5. The van der Waals surface area contributed by atoms with E-state index in [2.05, 4.69) is 17.2 Å². The molecule has 1 aromatic heterocycles. The normalized spacial score (nSPS) is 16.0. The molecule has 0 bridgehead atoms. The molecule has 1 atom stereocenters. The highest BCUT2D eigenvalue weighted by molar-refractivity contribution is 6.35. The van der Waals surface area contributed by atoms with Gasteiger partial charge in [0.05, 0.1) is 11.6 Å². The van der Waals surface area contributed by atoms with E-state index >= 15 is 0 Å². The summed E-state index contributed by atoms with van der Waals surface area (Å²) in [6.07, 6.45) is 1.87. The first-order chi connectivity index (χ1) is 15.0. The number of benzene rings is 2. The Morgan fingerprint density at radius 3 is 2.90 bits per heavy atom. The SMILES string of the molecule is CCCN(CC1CCOC1)C(=O)c1cc(Cl)c2oc(NCc3cccc(Cl)c3)nc2c1. The van der Waals surface area contributed by atoms with Crippen molar-refractivity contribution in [2.45, 2.75) is 26.3 Å². The Labute approximate surface area is 191 Å². The van der Waals surface area contributed by atoms with Crippen molar-refractivity contribution in [1.29, 1.82) is 0 Å². The van der Waals surface area contributed by atoms with Crippen LogP contribution in [0.15, 0.2) is 40.8 Å². The number of nitrogens with one attached hydrogen (secondary N) is 1. The highest BCUT2D eigenvalue weighted by Gasteiger charge is 2.24. The van der Waals surface area contributed by atoms with Crippen molar-refractivity contribution < 1.29 is 13.9 Å². The van der Waals surface area contributed by atoms with Gasteiger partial charge in [-0.15, -0.1) is 0 Å². The Bertz CT molecular complexity index is 1060. The summed E-state index contributed by atoms with van der Waals surface area (Å²) in [6.45, 7) is 5.42. The molecule has 0 aliphatic carbocycles. The fraction of sp³-hybridized carbons (Fsp3) is 0.391. The van der Waals surface area contributed by atoms with Crippen molar-refractivity contribution in [3.8, 4) is 0 Å². The third kappa shape index (κ3) is 5.32. The van der Waals surface area contributed by atoms with Crippen LogP contribution in [-0.2, 0) is 11.3 Å². The van der Waals surface area contributed by atoms with Crippen LogP contribution in [0.5, 0.6) is 0 Å². The summed E-state index contributed by atoms with van der Waals surface area (Å²) in [6, 6.07) is 11.3. The number of amides is 1. The van der Waals surface area contributed by atoms with Crippen LogP contribution in [0.4, 0.5) is 6.01 Å². The molecule has 0 radical (unpaired) electrons. The van der Waals surface area contributed by atoms with Crippen LogP contribution in [-0.4, -0.2) is 42.1 Å². The highest BCUT2D eigenvalue weighted by Crippen LogP contribution is 2.29. The average molecular weight is 462 g/mol. The summed E-state index contributed by atoms with van der Waals surface area (Å²) in [5.74, 6) is 0.332.